The lowest BCUT2D eigenvalue weighted by atomic mass is 10.1. The monoisotopic (exact) mass is 360 g/mol. The molecule has 0 saturated heterocycles. The first-order valence-corrected chi connectivity index (χ1v) is 9.09. The summed E-state index contributed by atoms with van der Waals surface area (Å²) >= 11 is 0. The molecule has 3 aromatic carbocycles. The largest absolute Gasteiger partial charge is 0.455 e. The minimum absolute atomic E-state index is 0.0189. The number of ether oxygens (including phenoxy) is 1. The van der Waals surface area contributed by atoms with Crippen LogP contribution >= 0.6 is 0 Å². The van der Waals surface area contributed by atoms with E-state index in [1.54, 1.807) is 0 Å². The van der Waals surface area contributed by atoms with Gasteiger partial charge >= 0.3 is 0 Å². The molecule has 0 atom stereocenters. The second-order valence-corrected chi connectivity index (χ2v) is 6.35. The Bertz CT molecular complexity index is 878. The predicted octanol–water partition coefficient (Wildman–Crippen LogP) is 4.91. The van der Waals surface area contributed by atoms with Crippen LogP contribution < -0.4 is 15.4 Å². The fraction of sp³-hybridized carbons (Fsp3) is 0.174. The number of rotatable bonds is 8. The van der Waals surface area contributed by atoms with Crippen molar-refractivity contribution in [3.05, 3.63) is 90.0 Å². The number of amides is 1. The van der Waals surface area contributed by atoms with Crippen LogP contribution in [0.5, 0.6) is 11.5 Å². The maximum atomic E-state index is 12.1. The molecule has 4 nitrogen and oxygen atoms in total. The van der Waals surface area contributed by atoms with Gasteiger partial charge in [0.15, 0.2) is 5.75 Å². The van der Waals surface area contributed by atoms with Gasteiger partial charge in [-0.05, 0) is 36.8 Å². The van der Waals surface area contributed by atoms with Crippen LogP contribution in [0.3, 0.4) is 0 Å². The van der Waals surface area contributed by atoms with Crippen molar-refractivity contribution >= 4 is 11.6 Å². The summed E-state index contributed by atoms with van der Waals surface area (Å²) in [4.78, 5) is 12.1. The van der Waals surface area contributed by atoms with E-state index in [9.17, 15) is 4.79 Å². The number of nitrogens with one attached hydrogen (secondary N) is 2. The quantitative estimate of drug-likeness (QED) is 0.600. The summed E-state index contributed by atoms with van der Waals surface area (Å²) in [6.07, 6.45) is 0.394. The summed E-state index contributed by atoms with van der Waals surface area (Å²) in [6, 6.07) is 25.5. The zero-order chi connectivity index (χ0) is 18.9. The first kappa shape index (κ1) is 18.5. The third-order valence-electron chi connectivity index (χ3n) is 4.10. The van der Waals surface area contributed by atoms with E-state index in [0.717, 1.165) is 22.7 Å². The molecule has 0 aliphatic carbocycles. The summed E-state index contributed by atoms with van der Waals surface area (Å²) in [5, 5.41) is 6.24. The summed E-state index contributed by atoms with van der Waals surface area (Å²) in [6.45, 7) is 3.13. The predicted molar refractivity (Wildman–Crippen MR) is 109 cm³/mol. The zero-order valence-electron chi connectivity index (χ0n) is 15.4. The van der Waals surface area contributed by atoms with Crippen LogP contribution in [0.15, 0.2) is 78.9 Å². The maximum absolute atomic E-state index is 12.1. The molecular formula is C23H24N2O2. The van der Waals surface area contributed by atoms with E-state index < -0.39 is 0 Å². The lowest BCUT2D eigenvalue weighted by Crippen LogP contribution is -2.24. The Morgan fingerprint density at radius 3 is 2.52 bits per heavy atom. The average molecular weight is 360 g/mol. The molecule has 0 heterocycles. The molecule has 3 aromatic rings. The Morgan fingerprint density at radius 2 is 1.70 bits per heavy atom. The minimum Gasteiger partial charge on any atom is -0.455 e. The lowest BCUT2D eigenvalue weighted by Gasteiger charge is -2.13. The molecule has 3 rings (SSSR count). The van der Waals surface area contributed by atoms with E-state index in [-0.39, 0.29) is 5.91 Å². The fourth-order valence-electron chi connectivity index (χ4n) is 2.74. The van der Waals surface area contributed by atoms with Crippen molar-refractivity contribution < 1.29 is 9.53 Å². The third-order valence-corrected chi connectivity index (χ3v) is 4.10. The van der Waals surface area contributed by atoms with Gasteiger partial charge in [0.1, 0.15) is 5.75 Å². The first-order valence-electron chi connectivity index (χ1n) is 9.09. The van der Waals surface area contributed by atoms with Gasteiger partial charge in [-0.1, -0.05) is 60.2 Å². The summed E-state index contributed by atoms with van der Waals surface area (Å²) in [7, 11) is 0. The van der Waals surface area contributed by atoms with E-state index in [2.05, 4.69) is 16.7 Å². The number of carbonyl (C=O) groups is 1. The van der Waals surface area contributed by atoms with Crippen molar-refractivity contribution in [1.82, 2.24) is 5.32 Å². The van der Waals surface area contributed by atoms with Crippen molar-refractivity contribution in [2.75, 3.05) is 11.9 Å². The topological polar surface area (TPSA) is 50.4 Å². The van der Waals surface area contributed by atoms with E-state index in [1.165, 1.54) is 5.56 Å². The molecule has 0 aromatic heterocycles. The Kier molecular flexibility index (Phi) is 6.47. The highest BCUT2D eigenvalue weighted by Crippen LogP contribution is 2.28. The molecule has 0 spiro atoms. The van der Waals surface area contributed by atoms with Gasteiger partial charge in [-0.3, -0.25) is 4.79 Å². The van der Waals surface area contributed by atoms with Gasteiger partial charge in [0.2, 0.25) is 5.91 Å². The van der Waals surface area contributed by atoms with E-state index >= 15 is 0 Å². The lowest BCUT2D eigenvalue weighted by molar-refractivity contribution is -0.121. The zero-order valence-corrected chi connectivity index (χ0v) is 15.4. The van der Waals surface area contributed by atoms with Crippen molar-refractivity contribution in [3.8, 4) is 11.5 Å². The molecule has 4 heteroatoms. The Balaban J connectivity index is 1.48. The highest BCUT2D eigenvalue weighted by Gasteiger charge is 2.06. The Hall–Kier alpha value is -3.27. The van der Waals surface area contributed by atoms with Crippen LogP contribution in [0.4, 0.5) is 5.69 Å². The first-order chi connectivity index (χ1) is 13.2. The van der Waals surface area contributed by atoms with Crippen LogP contribution in [-0.4, -0.2) is 12.5 Å². The van der Waals surface area contributed by atoms with E-state index in [1.807, 2.05) is 79.7 Å². The van der Waals surface area contributed by atoms with Crippen LogP contribution in [0, 0.1) is 6.92 Å². The van der Waals surface area contributed by atoms with Crippen LogP contribution in [0.1, 0.15) is 17.5 Å². The van der Waals surface area contributed by atoms with Crippen molar-refractivity contribution in [2.24, 2.45) is 0 Å². The number of benzene rings is 3. The van der Waals surface area contributed by atoms with E-state index in [4.69, 9.17) is 4.74 Å². The average Bonchev–Trinajstić information content (AvgIpc) is 2.69. The summed E-state index contributed by atoms with van der Waals surface area (Å²) < 4.78 is 5.92. The molecule has 2 N–H and O–H groups in total. The molecule has 0 aliphatic rings. The molecule has 0 fully saturated rings. The van der Waals surface area contributed by atoms with Gasteiger partial charge in [-0.2, -0.15) is 0 Å². The summed E-state index contributed by atoms with van der Waals surface area (Å²) in [5.41, 5.74) is 3.17. The van der Waals surface area contributed by atoms with Gasteiger partial charge in [0, 0.05) is 19.5 Å². The van der Waals surface area contributed by atoms with Gasteiger partial charge in [0.25, 0.3) is 0 Å². The third kappa shape index (κ3) is 5.89. The van der Waals surface area contributed by atoms with Crippen molar-refractivity contribution in [1.29, 1.82) is 0 Å². The van der Waals surface area contributed by atoms with Crippen molar-refractivity contribution in [3.63, 3.8) is 0 Å². The molecule has 0 aliphatic heterocycles. The smallest absolute Gasteiger partial charge is 0.222 e. The molecule has 0 saturated carbocycles. The Morgan fingerprint density at radius 1 is 0.926 bits per heavy atom. The molecular weight excluding hydrogens is 336 g/mol. The van der Waals surface area contributed by atoms with Gasteiger partial charge in [-0.25, -0.2) is 0 Å². The highest BCUT2D eigenvalue weighted by molar-refractivity contribution is 5.76. The highest BCUT2D eigenvalue weighted by atomic mass is 16.5. The minimum atomic E-state index is 0.0189. The van der Waals surface area contributed by atoms with Gasteiger partial charge in [-0.15, -0.1) is 0 Å². The van der Waals surface area contributed by atoms with Crippen LogP contribution in [-0.2, 0) is 11.3 Å². The number of para-hydroxylation sites is 3. The number of carbonyl (C=O) groups excluding carboxylic acids is 1. The van der Waals surface area contributed by atoms with Gasteiger partial charge in [0.05, 0.1) is 5.69 Å². The molecule has 0 unspecified atom stereocenters. The fourth-order valence-corrected chi connectivity index (χ4v) is 2.74. The molecule has 27 heavy (non-hydrogen) atoms. The number of anilines is 1. The molecule has 1 amide bonds. The number of hydrogen-bond donors (Lipinski definition) is 2. The Labute approximate surface area is 160 Å². The molecule has 138 valence electrons. The SMILES string of the molecule is Cc1cccc(CNC(=O)CCNc2ccccc2Oc2ccccc2)c1. The van der Waals surface area contributed by atoms with Gasteiger partial charge < -0.3 is 15.4 Å². The number of aryl methyl sites for hydroxylation is 1. The second-order valence-electron chi connectivity index (χ2n) is 6.35. The van der Waals surface area contributed by atoms with E-state index in [0.29, 0.717) is 19.5 Å². The van der Waals surface area contributed by atoms with Crippen molar-refractivity contribution in [2.45, 2.75) is 19.9 Å². The van der Waals surface area contributed by atoms with Crippen LogP contribution in [0.25, 0.3) is 0 Å². The standard InChI is InChI=1S/C23H24N2O2/c1-18-8-7-9-19(16-18)17-25-23(26)14-15-24-21-12-5-6-13-22(21)27-20-10-3-2-4-11-20/h2-13,16,24H,14-15,17H2,1H3,(H,25,26). The van der Waals surface area contributed by atoms with Crippen LogP contribution in [0.2, 0.25) is 0 Å². The molecule has 0 radical (unpaired) electrons. The second kappa shape index (κ2) is 9.43. The maximum Gasteiger partial charge on any atom is 0.222 e. The normalized spacial score (nSPS) is 10.3. The number of hydrogen-bond acceptors (Lipinski definition) is 3. The molecule has 0 bridgehead atoms. The summed E-state index contributed by atoms with van der Waals surface area (Å²) in [5.74, 6) is 1.54.